The summed E-state index contributed by atoms with van der Waals surface area (Å²) in [5.41, 5.74) is 10.7. The van der Waals surface area contributed by atoms with E-state index in [1.807, 2.05) is 24.3 Å². The molecule has 0 spiro atoms. The topological polar surface area (TPSA) is 94.0 Å². The van der Waals surface area contributed by atoms with Gasteiger partial charge in [0.1, 0.15) is 0 Å². The number of hydrogen-bond acceptors (Lipinski definition) is 4. The molecule has 0 radical (unpaired) electrons. The number of carbonyl (C=O) groups excluding carboxylic acids is 1. The zero-order valence-electron chi connectivity index (χ0n) is 9.76. The van der Waals surface area contributed by atoms with Gasteiger partial charge in [-0.2, -0.15) is 0 Å². The molecule has 92 valence electrons. The number of para-hydroxylation sites is 1. The Balaban J connectivity index is 2.35. The first-order valence-electron chi connectivity index (χ1n) is 5.50. The molecule has 0 bridgehead atoms. The molecule has 1 aromatic heterocycles. The third-order valence-electron chi connectivity index (χ3n) is 2.68. The van der Waals surface area contributed by atoms with Crippen LogP contribution in [0.15, 0.2) is 42.6 Å². The Hall–Kier alpha value is -2.40. The van der Waals surface area contributed by atoms with E-state index in [4.69, 9.17) is 11.6 Å². The van der Waals surface area contributed by atoms with Gasteiger partial charge in [-0.05, 0) is 23.8 Å². The minimum atomic E-state index is -0.354. The predicted molar refractivity (Wildman–Crippen MR) is 69.6 cm³/mol. The molecule has 18 heavy (non-hydrogen) atoms. The number of anilines is 1. The van der Waals surface area contributed by atoms with Crippen molar-refractivity contribution in [2.75, 3.05) is 5.73 Å². The van der Waals surface area contributed by atoms with E-state index in [0.717, 1.165) is 5.56 Å². The van der Waals surface area contributed by atoms with E-state index < -0.39 is 0 Å². The van der Waals surface area contributed by atoms with Gasteiger partial charge >= 0.3 is 0 Å². The molecule has 0 unspecified atom stereocenters. The Bertz CT molecular complexity index is 568. The van der Waals surface area contributed by atoms with Crippen LogP contribution in [0, 0.1) is 0 Å². The number of amides is 1. The number of carbonyl (C=O) groups is 1. The first-order valence-corrected chi connectivity index (χ1v) is 5.50. The van der Waals surface area contributed by atoms with Gasteiger partial charge < -0.3 is 5.73 Å². The largest absolute Gasteiger partial charge is 0.398 e. The normalized spacial score (nSPS) is 10.1. The van der Waals surface area contributed by atoms with E-state index in [9.17, 15) is 4.79 Å². The quantitative estimate of drug-likeness (QED) is 0.322. The van der Waals surface area contributed by atoms with Gasteiger partial charge in [-0.1, -0.05) is 18.2 Å². The smallest absolute Gasteiger partial charge is 0.267 e. The summed E-state index contributed by atoms with van der Waals surface area (Å²) < 4.78 is 0. The van der Waals surface area contributed by atoms with Crippen LogP contribution < -0.4 is 17.0 Å². The molecule has 2 aromatic rings. The Labute approximate surface area is 105 Å². The van der Waals surface area contributed by atoms with E-state index in [0.29, 0.717) is 23.4 Å². The number of nitrogens with two attached hydrogens (primary N) is 2. The van der Waals surface area contributed by atoms with Crippen molar-refractivity contribution in [2.24, 2.45) is 5.84 Å². The van der Waals surface area contributed by atoms with Crippen LogP contribution in [0.3, 0.4) is 0 Å². The number of pyridine rings is 1. The van der Waals surface area contributed by atoms with Crippen LogP contribution in [-0.2, 0) is 6.42 Å². The number of nitrogen functional groups attached to an aromatic ring is 2. The summed E-state index contributed by atoms with van der Waals surface area (Å²) in [6, 6.07) is 10.9. The van der Waals surface area contributed by atoms with Crippen molar-refractivity contribution in [3.05, 3.63) is 59.4 Å². The number of hydrazine groups is 1. The molecule has 5 N–H and O–H groups in total. The highest BCUT2D eigenvalue weighted by atomic mass is 16.2. The highest BCUT2D eigenvalue weighted by Gasteiger charge is 2.12. The molecule has 1 heterocycles. The molecule has 0 aliphatic rings. The lowest BCUT2D eigenvalue weighted by atomic mass is 10.0. The Morgan fingerprint density at radius 3 is 2.72 bits per heavy atom. The first kappa shape index (κ1) is 12.1. The van der Waals surface area contributed by atoms with Gasteiger partial charge in [0.15, 0.2) is 0 Å². The summed E-state index contributed by atoms with van der Waals surface area (Å²) in [6.07, 6.45) is 2.14. The van der Waals surface area contributed by atoms with Gasteiger partial charge in [0.25, 0.3) is 5.91 Å². The lowest BCUT2D eigenvalue weighted by Crippen LogP contribution is -2.31. The molecule has 0 aliphatic carbocycles. The third kappa shape index (κ3) is 2.46. The molecule has 0 atom stereocenters. The molecular weight excluding hydrogens is 228 g/mol. The molecule has 2 rings (SSSR count). The van der Waals surface area contributed by atoms with Gasteiger partial charge in [-0.25, -0.2) is 5.84 Å². The van der Waals surface area contributed by atoms with Crippen molar-refractivity contribution in [1.29, 1.82) is 0 Å². The summed E-state index contributed by atoms with van der Waals surface area (Å²) in [5, 5.41) is 0. The summed E-state index contributed by atoms with van der Waals surface area (Å²) in [5.74, 6) is 4.79. The number of benzene rings is 1. The molecule has 1 amide bonds. The first-order chi connectivity index (χ1) is 8.72. The SMILES string of the molecule is NNC(=O)c1cccnc1Cc1ccccc1N. The van der Waals surface area contributed by atoms with Crippen LogP contribution in [0.4, 0.5) is 5.69 Å². The van der Waals surface area contributed by atoms with Crippen molar-refractivity contribution < 1.29 is 4.79 Å². The van der Waals surface area contributed by atoms with Crippen LogP contribution in [-0.4, -0.2) is 10.9 Å². The highest BCUT2D eigenvalue weighted by molar-refractivity contribution is 5.94. The summed E-state index contributed by atoms with van der Waals surface area (Å²) in [6.45, 7) is 0. The third-order valence-corrected chi connectivity index (χ3v) is 2.68. The van der Waals surface area contributed by atoms with Crippen LogP contribution in [0.1, 0.15) is 21.6 Å². The molecule has 0 saturated carbocycles. The fraction of sp³-hybridized carbons (Fsp3) is 0.0769. The molecule has 5 nitrogen and oxygen atoms in total. The van der Waals surface area contributed by atoms with Crippen molar-refractivity contribution in [3.63, 3.8) is 0 Å². The number of rotatable bonds is 3. The maximum absolute atomic E-state index is 11.6. The molecule has 5 heteroatoms. The van der Waals surface area contributed by atoms with Crippen LogP contribution in [0.5, 0.6) is 0 Å². The number of nitrogens with one attached hydrogen (secondary N) is 1. The Kier molecular flexibility index (Phi) is 3.54. The van der Waals surface area contributed by atoms with Crippen LogP contribution >= 0.6 is 0 Å². The highest BCUT2D eigenvalue weighted by Crippen LogP contribution is 2.17. The van der Waals surface area contributed by atoms with Crippen molar-refractivity contribution in [3.8, 4) is 0 Å². The molecule has 0 saturated heterocycles. The molecule has 0 aliphatic heterocycles. The minimum absolute atomic E-state index is 0.354. The average molecular weight is 242 g/mol. The second kappa shape index (κ2) is 5.29. The Morgan fingerprint density at radius 1 is 1.22 bits per heavy atom. The minimum Gasteiger partial charge on any atom is -0.398 e. The number of nitrogens with zero attached hydrogens (tertiary/aromatic N) is 1. The monoisotopic (exact) mass is 242 g/mol. The zero-order chi connectivity index (χ0) is 13.0. The summed E-state index contributed by atoms with van der Waals surface area (Å²) >= 11 is 0. The fourth-order valence-electron chi connectivity index (χ4n) is 1.74. The molecule has 0 fully saturated rings. The second-order valence-electron chi connectivity index (χ2n) is 3.85. The van der Waals surface area contributed by atoms with Crippen molar-refractivity contribution in [1.82, 2.24) is 10.4 Å². The van der Waals surface area contributed by atoms with Gasteiger partial charge in [0.05, 0.1) is 11.3 Å². The standard InChI is InChI=1S/C13H14N4O/c14-11-6-2-1-4-9(11)8-12-10(13(18)17-15)5-3-7-16-12/h1-7H,8,14-15H2,(H,17,18). The fourth-order valence-corrected chi connectivity index (χ4v) is 1.74. The van der Waals surface area contributed by atoms with Crippen LogP contribution in [0.25, 0.3) is 0 Å². The van der Waals surface area contributed by atoms with Crippen molar-refractivity contribution >= 4 is 11.6 Å². The zero-order valence-corrected chi connectivity index (χ0v) is 9.76. The predicted octanol–water partition coefficient (Wildman–Crippen LogP) is 0.858. The molecular formula is C13H14N4O. The van der Waals surface area contributed by atoms with E-state index >= 15 is 0 Å². The van der Waals surface area contributed by atoms with E-state index in [1.54, 1.807) is 18.3 Å². The lowest BCUT2D eigenvalue weighted by molar-refractivity contribution is 0.0952. The van der Waals surface area contributed by atoms with Gasteiger partial charge in [0, 0.05) is 18.3 Å². The van der Waals surface area contributed by atoms with E-state index in [2.05, 4.69) is 10.4 Å². The molecule has 1 aromatic carbocycles. The average Bonchev–Trinajstić information content (AvgIpc) is 2.41. The number of aromatic nitrogens is 1. The summed E-state index contributed by atoms with van der Waals surface area (Å²) in [7, 11) is 0. The summed E-state index contributed by atoms with van der Waals surface area (Å²) in [4.78, 5) is 15.8. The van der Waals surface area contributed by atoms with Crippen LogP contribution in [0.2, 0.25) is 0 Å². The lowest BCUT2D eigenvalue weighted by Gasteiger charge is -2.08. The second-order valence-corrected chi connectivity index (χ2v) is 3.85. The van der Waals surface area contributed by atoms with Gasteiger partial charge in [0.2, 0.25) is 0 Å². The van der Waals surface area contributed by atoms with Gasteiger partial charge in [-0.3, -0.25) is 15.2 Å². The van der Waals surface area contributed by atoms with E-state index in [1.165, 1.54) is 0 Å². The van der Waals surface area contributed by atoms with Gasteiger partial charge in [-0.15, -0.1) is 0 Å². The van der Waals surface area contributed by atoms with Crippen molar-refractivity contribution in [2.45, 2.75) is 6.42 Å². The van der Waals surface area contributed by atoms with E-state index in [-0.39, 0.29) is 5.91 Å². The Morgan fingerprint density at radius 2 is 2.00 bits per heavy atom. The maximum atomic E-state index is 11.6. The maximum Gasteiger partial charge on any atom is 0.267 e. The number of hydrogen-bond donors (Lipinski definition) is 3.